The number of ether oxygens (including phenoxy) is 2. The predicted molar refractivity (Wildman–Crippen MR) is 90.6 cm³/mol. The van der Waals surface area contributed by atoms with Crippen LogP contribution in [0.3, 0.4) is 0 Å². The van der Waals surface area contributed by atoms with Gasteiger partial charge in [-0.2, -0.15) is 0 Å². The van der Waals surface area contributed by atoms with E-state index in [1.54, 1.807) is 26.4 Å². The lowest BCUT2D eigenvalue weighted by molar-refractivity contribution is 0.400. The molecule has 1 N–H and O–H groups in total. The molecular formula is C19H21NO3. The van der Waals surface area contributed by atoms with Crippen molar-refractivity contribution >= 4 is 5.69 Å². The van der Waals surface area contributed by atoms with Crippen LogP contribution in [-0.2, 0) is 12.8 Å². The molecule has 0 spiro atoms. The molecule has 0 fully saturated rings. The van der Waals surface area contributed by atoms with Crippen LogP contribution in [0.15, 0.2) is 36.4 Å². The largest absolute Gasteiger partial charge is 0.508 e. The number of unbranched alkanes of at least 4 members (excludes halogenated alkanes) is 1. The Bertz CT molecular complexity index is 704. The van der Waals surface area contributed by atoms with Gasteiger partial charge in [-0.1, -0.05) is 18.2 Å². The number of aryl methyl sites for hydroxylation is 2. The molecule has 2 rings (SSSR count). The van der Waals surface area contributed by atoms with Gasteiger partial charge in [0.15, 0.2) is 0 Å². The number of hydrogen-bond donors (Lipinski definition) is 1. The van der Waals surface area contributed by atoms with E-state index in [4.69, 9.17) is 16.0 Å². The van der Waals surface area contributed by atoms with Crippen LogP contribution in [0.25, 0.3) is 4.85 Å². The van der Waals surface area contributed by atoms with E-state index in [0.717, 1.165) is 42.6 Å². The molecule has 0 aliphatic heterocycles. The van der Waals surface area contributed by atoms with E-state index in [9.17, 15) is 5.11 Å². The monoisotopic (exact) mass is 311 g/mol. The molecule has 0 atom stereocenters. The summed E-state index contributed by atoms with van der Waals surface area (Å²) in [6.45, 7) is 7.18. The number of nitrogens with zero attached hydrogens (tertiary/aromatic N) is 1. The smallest absolute Gasteiger partial charge is 0.231 e. The van der Waals surface area contributed by atoms with E-state index < -0.39 is 0 Å². The van der Waals surface area contributed by atoms with Crippen molar-refractivity contribution in [2.75, 3.05) is 14.2 Å². The zero-order chi connectivity index (χ0) is 16.7. The fourth-order valence-corrected chi connectivity index (χ4v) is 2.58. The van der Waals surface area contributed by atoms with Crippen molar-refractivity contribution < 1.29 is 14.6 Å². The SMILES string of the molecule is [C-]#[N+]c1cc(OC)c(CCCCc2ccccc2O)cc1OC. The van der Waals surface area contributed by atoms with Gasteiger partial charge in [0.2, 0.25) is 5.69 Å². The number of benzene rings is 2. The molecule has 0 saturated heterocycles. The number of aromatic hydroxyl groups is 1. The Hall–Kier alpha value is -2.67. The van der Waals surface area contributed by atoms with E-state index in [1.807, 2.05) is 24.3 Å². The number of methoxy groups -OCH3 is 2. The molecule has 0 radical (unpaired) electrons. The van der Waals surface area contributed by atoms with Crippen LogP contribution in [-0.4, -0.2) is 19.3 Å². The maximum absolute atomic E-state index is 9.77. The lowest BCUT2D eigenvalue weighted by Gasteiger charge is -2.12. The van der Waals surface area contributed by atoms with E-state index >= 15 is 0 Å². The average Bonchev–Trinajstić information content (AvgIpc) is 2.59. The molecule has 4 nitrogen and oxygen atoms in total. The highest BCUT2D eigenvalue weighted by Crippen LogP contribution is 2.35. The zero-order valence-corrected chi connectivity index (χ0v) is 13.5. The first-order valence-corrected chi connectivity index (χ1v) is 7.58. The molecule has 0 aromatic heterocycles. The summed E-state index contributed by atoms with van der Waals surface area (Å²) in [6, 6.07) is 11.0. The number of hydrogen-bond acceptors (Lipinski definition) is 3. The Morgan fingerprint density at radius 1 is 0.957 bits per heavy atom. The third kappa shape index (κ3) is 4.17. The molecule has 2 aromatic carbocycles. The zero-order valence-electron chi connectivity index (χ0n) is 13.5. The maximum atomic E-state index is 9.77. The van der Waals surface area contributed by atoms with Crippen molar-refractivity contribution in [3.8, 4) is 17.2 Å². The summed E-state index contributed by atoms with van der Waals surface area (Å²) >= 11 is 0. The molecule has 120 valence electrons. The van der Waals surface area contributed by atoms with Gasteiger partial charge in [-0.3, -0.25) is 0 Å². The molecule has 0 unspecified atom stereocenters. The lowest BCUT2D eigenvalue weighted by atomic mass is 10.0. The van der Waals surface area contributed by atoms with Crippen molar-refractivity contribution in [3.05, 3.63) is 58.9 Å². The molecule has 4 heteroatoms. The molecule has 0 aliphatic rings. The lowest BCUT2D eigenvalue weighted by Crippen LogP contribution is -1.96. The fourth-order valence-electron chi connectivity index (χ4n) is 2.58. The van der Waals surface area contributed by atoms with Gasteiger partial charge >= 0.3 is 0 Å². The van der Waals surface area contributed by atoms with Crippen LogP contribution >= 0.6 is 0 Å². The Morgan fingerprint density at radius 2 is 1.61 bits per heavy atom. The first kappa shape index (κ1) is 16.7. The highest BCUT2D eigenvalue weighted by atomic mass is 16.5. The van der Waals surface area contributed by atoms with Crippen molar-refractivity contribution in [2.24, 2.45) is 0 Å². The highest BCUT2D eigenvalue weighted by Gasteiger charge is 2.11. The number of phenolic OH excluding ortho intramolecular Hbond substituents is 1. The third-order valence-corrected chi connectivity index (χ3v) is 3.84. The second-order valence-corrected chi connectivity index (χ2v) is 5.28. The van der Waals surface area contributed by atoms with Gasteiger partial charge in [0.05, 0.1) is 20.8 Å². The second kappa shape index (κ2) is 8.09. The van der Waals surface area contributed by atoms with Crippen LogP contribution in [0.1, 0.15) is 24.0 Å². The minimum atomic E-state index is 0.355. The van der Waals surface area contributed by atoms with Crippen LogP contribution in [0, 0.1) is 6.57 Å². The van der Waals surface area contributed by atoms with E-state index in [0.29, 0.717) is 17.2 Å². The van der Waals surface area contributed by atoms with E-state index in [-0.39, 0.29) is 0 Å². The molecule has 2 aromatic rings. The first-order chi connectivity index (χ1) is 11.2. The third-order valence-electron chi connectivity index (χ3n) is 3.84. The van der Waals surface area contributed by atoms with Crippen LogP contribution < -0.4 is 9.47 Å². The Labute approximate surface area is 137 Å². The Balaban J connectivity index is 2.00. The summed E-state index contributed by atoms with van der Waals surface area (Å²) in [5.41, 5.74) is 2.47. The minimum absolute atomic E-state index is 0.355. The number of phenols is 1. The summed E-state index contributed by atoms with van der Waals surface area (Å²) in [6.07, 6.45) is 3.61. The summed E-state index contributed by atoms with van der Waals surface area (Å²) in [5.74, 6) is 1.66. The number of rotatable bonds is 7. The van der Waals surface area contributed by atoms with Crippen molar-refractivity contribution in [3.63, 3.8) is 0 Å². The Morgan fingerprint density at radius 3 is 2.22 bits per heavy atom. The first-order valence-electron chi connectivity index (χ1n) is 7.58. The van der Waals surface area contributed by atoms with Crippen molar-refractivity contribution in [2.45, 2.75) is 25.7 Å². The molecule has 0 heterocycles. The summed E-state index contributed by atoms with van der Waals surface area (Å²) < 4.78 is 10.6. The quantitative estimate of drug-likeness (QED) is 0.603. The fraction of sp³-hybridized carbons (Fsp3) is 0.316. The summed E-state index contributed by atoms with van der Waals surface area (Å²) in [7, 11) is 3.18. The molecule has 0 bridgehead atoms. The predicted octanol–water partition coefficient (Wildman–Crippen LogP) is 4.53. The van der Waals surface area contributed by atoms with Crippen LogP contribution in [0.4, 0.5) is 5.69 Å². The normalized spacial score (nSPS) is 10.1. The van der Waals surface area contributed by atoms with Gasteiger partial charge in [0.25, 0.3) is 0 Å². The van der Waals surface area contributed by atoms with Gasteiger partial charge in [-0.05, 0) is 55.0 Å². The molecule has 0 saturated carbocycles. The van der Waals surface area contributed by atoms with Gasteiger partial charge in [0, 0.05) is 0 Å². The van der Waals surface area contributed by atoms with Crippen molar-refractivity contribution in [1.29, 1.82) is 0 Å². The number of para-hydroxylation sites is 1. The average molecular weight is 311 g/mol. The highest BCUT2D eigenvalue weighted by molar-refractivity contribution is 5.63. The molecule has 0 aliphatic carbocycles. The minimum Gasteiger partial charge on any atom is -0.508 e. The van der Waals surface area contributed by atoms with E-state index in [2.05, 4.69) is 4.85 Å². The molecule has 0 amide bonds. The van der Waals surface area contributed by atoms with Crippen LogP contribution in [0.5, 0.6) is 17.2 Å². The maximum Gasteiger partial charge on any atom is 0.231 e. The second-order valence-electron chi connectivity index (χ2n) is 5.28. The molecular weight excluding hydrogens is 290 g/mol. The van der Waals surface area contributed by atoms with Crippen LogP contribution in [0.2, 0.25) is 0 Å². The van der Waals surface area contributed by atoms with Gasteiger partial charge in [0.1, 0.15) is 17.2 Å². The summed E-state index contributed by atoms with van der Waals surface area (Å²) in [5, 5.41) is 9.77. The van der Waals surface area contributed by atoms with Gasteiger partial charge < -0.3 is 14.6 Å². The van der Waals surface area contributed by atoms with Crippen molar-refractivity contribution in [1.82, 2.24) is 0 Å². The standard InChI is InChI=1S/C19H21NO3/c1-20-16-13-18(22-2)15(12-19(16)23-3)10-5-4-8-14-9-6-7-11-17(14)21/h6-7,9,11-13,21H,4-5,8,10H2,2-3H3. The molecule has 23 heavy (non-hydrogen) atoms. The summed E-state index contributed by atoms with van der Waals surface area (Å²) in [4.78, 5) is 3.45. The van der Waals surface area contributed by atoms with Gasteiger partial charge in [-0.25, -0.2) is 4.85 Å². The van der Waals surface area contributed by atoms with E-state index in [1.165, 1.54) is 0 Å². The van der Waals surface area contributed by atoms with Gasteiger partial charge in [-0.15, -0.1) is 0 Å². The Kier molecular flexibility index (Phi) is 5.87. The topological polar surface area (TPSA) is 43.0 Å².